The lowest BCUT2D eigenvalue weighted by Crippen LogP contribution is -2.30. The lowest BCUT2D eigenvalue weighted by atomic mass is 10.4. The monoisotopic (exact) mass is 248 g/mol. The molecule has 2 aromatic rings. The van der Waals surface area contributed by atoms with Crippen LogP contribution >= 0.6 is 0 Å². The second-order valence-electron chi connectivity index (χ2n) is 4.62. The van der Waals surface area contributed by atoms with Crippen molar-refractivity contribution in [3.8, 4) is 0 Å². The first kappa shape index (κ1) is 11.2. The highest BCUT2D eigenvalue weighted by Gasteiger charge is 2.17. The molecule has 1 fully saturated rings. The summed E-state index contributed by atoms with van der Waals surface area (Å²) in [4.78, 5) is 20.4. The van der Waals surface area contributed by atoms with E-state index in [1.54, 1.807) is 12.4 Å². The first-order valence-corrected chi connectivity index (χ1v) is 6.11. The first-order valence-electron chi connectivity index (χ1n) is 6.11. The van der Waals surface area contributed by atoms with Gasteiger partial charge in [0.1, 0.15) is 0 Å². The van der Waals surface area contributed by atoms with Crippen LogP contribution in [-0.4, -0.2) is 57.7 Å². The van der Waals surface area contributed by atoms with E-state index in [1.807, 2.05) is 0 Å². The van der Waals surface area contributed by atoms with Gasteiger partial charge in [-0.25, -0.2) is 19.3 Å². The normalized spacial score (nSPS) is 18.2. The van der Waals surface area contributed by atoms with Crippen molar-refractivity contribution in [3.05, 3.63) is 22.9 Å². The number of anilines is 1. The predicted octanol–water partition coefficient (Wildman–Crippen LogP) is -0.440. The molecule has 0 atom stereocenters. The molecule has 18 heavy (non-hydrogen) atoms. The molecule has 2 aromatic heterocycles. The third kappa shape index (κ3) is 1.86. The summed E-state index contributed by atoms with van der Waals surface area (Å²) in [7, 11) is 2.12. The van der Waals surface area contributed by atoms with Gasteiger partial charge in [0.15, 0.2) is 5.82 Å². The molecule has 0 aromatic carbocycles. The van der Waals surface area contributed by atoms with Crippen LogP contribution in [0.5, 0.6) is 0 Å². The van der Waals surface area contributed by atoms with Gasteiger partial charge in [0.25, 0.3) is 0 Å². The molecule has 3 rings (SSSR count). The maximum atomic E-state index is 11.5. The lowest BCUT2D eigenvalue weighted by Gasteiger charge is -2.21. The van der Waals surface area contributed by atoms with Crippen molar-refractivity contribution in [2.45, 2.75) is 6.42 Å². The topological polar surface area (TPSA) is 69.5 Å². The fraction of sp³-hybridized carbons (Fsp3) is 0.545. The number of aromatic nitrogens is 4. The van der Waals surface area contributed by atoms with Crippen molar-refractivity contribution >= 4 is 11.5 Å². The Kier molecular flexibility index (Phi) is 2.75. The van der Waals surface area contributed by atoms with E-state index in [-0.39, 0.29) is 5.69 Å². The predicted molar refractivity (Wildman–Crippen MR) is 67.9 cm³/mol. The van der Waals surface area contributed by atoms with Gasteiger partial charge in [0.2, 0.25) is 5.65 Å². The molecule has 0 radical (unpaired) electrons. The minimum atomic E-state index is -0.222. The fourth-order valence-electron chi connectivity index (χ4n) is 2.31. The molecule has 1 N–H and O–H groups in total. The molecular weight excluding hydrogens is 232 g/mol. The maximum Gasteiger partial charge on any atom is 0.347 e. The van der Waals surface area contributed by atoms with Crippen LogP contribution in [0, 0.1) is 0 Å². The summed E-state index contributed by atoms with van der Waals surface area (Å²) < 4.78 is 1.50. The highest BCUT2D eigenvalue weighted by Crippen LogP contribution is 2.16. The fourth-order valence-corrected chi connectivity index (χ4v) is 2.31. The van der Waals surface area contributed by atoms with Crippen LogP contribution in [0.2, 0.25) is 0 Å². The number of nitrogens with zero attached hydrogens (tertiary/aromatic N) is 5. The van der Waals surface area contributed by atoms with Gasteiger partial charge in [-0.3, -0.25) is 0 Å². The molecule has 7 nitrogen and oxygen atoms in total. The van der Waals surface area contributed by atoms with E-state index in [1.165, 1.54) is 4.40 Å². The summed E-state index contributed by atoms with van der Waals surface area (Å²) in [5.74, 6) is 0.783. The van der Waals surface area contributed by atoms with Crippen LogP contribution in [0.25, 0.3) is 5.65 Å². The third-order valence-corrected chi connectivity index (χ3v) is 3.34. The molecule has 96 valence electrons. The number of fused-ring (bicyclic) bond motifs is 1. The Morgan fingerprint density at radius 1 is 1.28 bits per heavy atom. The smallest absolute Gasteiger partial charge is 0.347 e. The molecule has 3 heterocycles. The zero-order valence-corrected chi connectivity index (χ0v) is 10.3. The average molecular weight is 248 g/mol. The van der Waals surface area contributed by atoms with E-state index in [9.17, 15) is 4.79 Å². The van der Waals surface area contributed by atoms with Crippen molar-refractivity contribution in [2.24, 2.45) is 0 Å². The number of hydrogen-bond donors (Lipinski definition) is 1. The van der Waals surface area contributed by atoms with Crippen LogP contribution in [0.3, 0.4) is 0 Å². The maximum absolute atomic E-state index is 11.5. The van der Waals surface area contributed by atoms with Crippen LogP contribution in [0.15, 0.2) is 17.2 Å². The van der Waals surface area contributed by atoms with Crippen molar-refractivity contribution in [1.29, 1.82) is 0 Å². The Morgan fingerprint density at radius 2 is 2.17 bits per heavy atom. The number of aromatic amines is 1. The standard InChI is InChI=1S/C11H16N6O/c1-15-4-2-5-16(8-7-15)9-10-13-14-11(18)17(10)6-3-12-9/h3,6H,2,4-5,7-8H2,1H3,(H,14,18). The number of H-pyrrole nitrogens is 1. The summed E-state index contributed by atoms with van der Waals surface area (Å²) in [6, 6.07) is 0. The Hall–Kier alpha value is -1.89. The molecule has 0 unspecified atom stereocenters. The minimum absolute atomic E-state index is 0.222. The highest BCUT2D eigenvalue weighted by atomic mass is 16.1. The Labute approximate surface area is 104 Å². The molecule has 0 amide bonds. The Bertz CT molecular complexity index is 603. The Balaban J connectivity index is 2.00. The zero-order chi connectivity index (χ0) is 12.5. The number of rotatable bonds is 1. The van der Waals surface area contributed by atoms with Crippen LogP contribution in [-0.2, 0) is 0 Å². The van der Waals surface area contributed by atoms with Crippen molar-refractivity contribution in [1.82, 2.24) is 24.5 Å². The van der Waals surface area contributed by atoms with E-state index >= 15 is 0 Å². The molecule has 0 saturated carbocycles. The summed E-state index contributed by atoms with van der Waals surface area (Å²) >= 11 is 0. The van der Waals surface area contributed by atoms with Crippen LogP contribution in [0.4, 0.5) is 5.82 Å². The van der Waals surface area contributed by atoms with Gasteiger partial charge in [-0.1, -0.05) is 0 Å². The van der Waals surface area contributed by atoms with Crippen molar-refractivity contribution < 1.29 is 0 Å². The van der Waals surface area contributed by atoms with E-state index in [4.69, 9.17) is 0 Å². The molecule has 7 heteroatoms. The summed E-state index contributed by atoms with van der Waals surface area (Å²) in [5, 5.41) is 6.51. The van der Waals surface area contributed by atoms with Crippen LogP contribution in [0.1, 0.15) is 6.42 Å². The quantitative estimate of drug-likeness (QED) is 0.741. The van der Waals surface area contributed by atoms with Gasteiger partial charge < -0.3 is 9.80 Å². The van der Waals surface area contributed by atoms with Gasteiger partial charge in [-0.05, 0) is 20.0 Å². The van der Waals surface area contributed by atoms with Gasteiger partial charge in [0, 0.05) is 32.0 Å². The third-order valence-electron chi connectivity index (χ3n) is 3.34. The number of likely N-dealkylation sites (N-methyl/N-ethyl adjacent to an activating group) is 1. The molecular formula is C11H16N6O. The lowest BCUT2D eigenvalue weighted by molar-refractivity contribution is 0.360. The van der Waals surface area contributed by atoms with Gasteiger partial charge in [0.05, 0.1) is 0 Å². The van der Waals surface area contributed by atoms with Gasteiger partial charge in [-0.15, -0.1) is 5.10 Å². The van der Waals surface area contributed by atoms with E-state index in [0.29, 0.717) is 5.65 Å². The van der Waals surface area contributed by atoms with Crippen molar-refractivity contribution in [3.63, 3.8) is 0 Å². The highest BCUT2D eigenvalue weighted by molar-refractivity contribution is 5.63. The molecule has 0 aliphatic carbocycles. The van der Waals surface area contributed by atoms with Crippen LogP contribution < -0.4 is 10.6 Å². The van der Waals surface area contributed by atoms with E-state index < -0.39 is 0 Å². The zero-order valence-electron chi connectivity index (χ0n) is 10.3. The van der Waals surface area contributed by atoms with Gasteiger partial charge in [-0.2, -0.15) is 0 Å². The summed E-state index contributed by atoms with van der Waals surface area (Å²) in [5.41, 5.74) is 0.382. The largest absolute Gasteiger partial charge is 0.352 e. The molecule has 0 spiro atoms. The molecule has 1 aliphatic rings. The van der Waals surface area contributed by atoms with E-state index in [0.717, 1.165) is 38.4 Å². The summed E-state index contributed by atoms with van der Waals surface area (Å²) in [6.45, 7) is 3.94. The second kappa shape index (κ2) is 4.41. The van der Waals surface area contributed by atoms with Crippen molar-refractivity contribution in [2.75, 3.05) is 38.1 Å². The Morgan fingerprint density at radius 3 is 3.06 bits per heavy atom. The van der Waals surface area contributed by atoms with E-state index in [2.05, 4.69) is 32.0 Å². The molecule has 1 saturated heterocycles. The molecule has 1 aliphatic heterocycles. The average Bonchev–Trinajstić information content (AvgIpc) is 2.62. The number of hydrogen-bond acceptors (Lipinski definition) is 5. The second-order valence-corrected chi connectivity index (χ2v) is 4.62. The number of nitrogens with one attached hydrogen (secondary N) is 1. The SMILES string of the molecule is CN1CCCN(c2nccn3c(=O)[nH]nc23)CC1. The first-order chi connectivity index (χ1) is 8.75. The van der Waals surface area contributed by atoms with Gasteiger partial charge >= 0.3 is 5.69 Å². The minimum Gasteiger partial charge on any atom is -0.352 e. The molecule has 0 bridgehead atoms. The summed E-state index contributed by atoms with van der Waals surface area (Å²) in [6.07, 6.45) is 4.37.